The van der Waals surface area contributed by atoms with Crippen LogP contribution in [0.4, 0.5) is 10.2 Å². The number of benzene rings is 1. The summed E-state index contributed by atoms with van der Waals surface area (Å²) in [4.78, 5) is 29.0. The lowest BCUT2D eigenvalue weighted by Gasteiger charge is -2.34. The van der Waals surface area contributed by atoms with Crippen molar-refractivity contribution in [2.75, 3.05) is 43.8 Å². The number of hydrogen-bond acceptors (Lipinski definition) is 6. The molecule has 0 radical (unpaired) electrons. The molecule has 1 aromatic carbocycles. The zero-order chi connectivity index (χ0) is 19.2. The Hall–Kier alpha value is -2.39. The van der Waals surface area contributed by atoms with Gasteiger partial charge in [0.2, 0.25) is 11.8 Å². The van der Waals surface area contributed by atoms with Crippen LogP contribution in [0, 0.1) is 12.7 Å². The Balaban J connectivity index is 1.38. The molecule has 0 unspecified atom stereocenters. The summed E-state index contributed by atoms with van der Waals surface area (Å²) in [6, 6.07) is 7.77. The topological polar surface area (TPSA) is 78.7 Å². The summed E-state index contributed by atoms with van der Waals surface area (Å²) in [7, 11) is 0. The van der Waals surface area contributed by atoms with Crippen molar-refractivity contribution in [3.8, 4) is 0 Å². The molecular formula is C18H21FN4O3S. The molecule has 1 fully saturated rings. The van der Waals surface area contributed by atoms with Gasteiger partial charge in [-0.15, -0.1) is 11.8 Å². The Bertz CT molecular complexity index is 788. The van der Waals surface area contributed by atoms with E-state index in [0.29, 0.717) is 43.5 Å². The molecule has 0 saturated carbocycles. The predicted octanol–water partition coefficient (Wildman–Crippen LogP) is 2.00. The molecule has 2 amide bonds. The number of aryl methyl sites for hydroxylation is 1. The van der Waals surface area contributed by atoms with Crippen LogP contribution in [0.15, 0.2) is 39.8 Å². The van der Waals surface area contributed by atoms with Gasteiger partial charge >= 0.3 is 0 Å². The Kier molecular flexibility index (Phi) is 6.46. The van der Waals surface area contributed by atoms with Gasteiger partial charge in [0.1, 0.15) is 11.6 Å². The van der Waals surface area contributed by atoms with Crippen molar-refractivity contribution in [3.63, 3.8) is 0 Å². The van der Waals surface area contributed by atoms with E-state index in [4.69, 9.17) is 4.52 Å². The number of nitrogens with one attached hydrogen (secondary N) is 1. The number of rotatable bonds is 6. The van der Waals surface area contributed by atoms with Crippen molar-refractivity contribution in [1.29, 1.82) is 0 Å². The second-order valence-electron chi connectivity index (χ2n) is 6.27. The summed E-state index contributed by atoms with van der Waals surface area (Å²) in [5.74, 6) is 0.962. The summed E-state index contributed by atoms with van der Waals surface area (Å²) in [5.41, 5.74) is 0. The quantitative estimate of drug-likeness (QED) is 0.758. The number of carbonyl (C=O) groups is 2. The van der Waals surface area contributed by atoms with Gasteiger partial charge in [0, 0.05) is 37.1 Å². The van der Waals surface area contributed by atoms with Crippen molar-refractivity contribution < 1.29 is 18.5 Å². The zero-order valence-corrected chi connectivity index (χ0v) is 15.8. The minimum Gasteiger partial charge on any atom is -0.360 e. The van der Waals surface area contributed by atoms with Gasteiger partial charge in [-0.2, -0.15) is 0 Å². The van der Waals surface area contributed by atoms with E-state index in [1.807, 2.05) is 4.90 Å². The van der Waals surface area contributed by atoms with E-state index in [9.17, 15) is 14.0 Å². The van der Waals surface area contributed by atoms with E-state index in [1.54, 1.807) is 30.0 Å². The third kappa shape index (κ3) is 5.80. The molecule has 144 valence electrons. The van der Waals surface area contributed by atoms with Gasteiger partial charge in [-0.25, -0.2) is 4.39 Å². The fraction of sp³-hybridized carbons (Fsp3) is 0.389. The molecule has 0 aliphatic carbocycles. The molecular weight excluding hydrogens is 371 g/mol. The first-order chi connectivity index (χ1) is 13.0. The first-order valence-corrected chi connectivity index (χ1v) is 9.60. The van der Waals surface area contributed by atoms with E-state index in [0.717, 1.165) is 4.90 Å². The van der Waals surface area contributed by atoms with Gasteiger partial charge in [-0.3, -0.25) is 14.5 Å². The van der Waals surface area contributed by atoms with Crippen molar-refractivity contribution in [2.45, 2.75) is 11.8 Å². The molecule has 9 heteroatoms. The maximum absolute atomic E-state index is 12.9. The van der Waals surface area contributed by atoms with Crippen LogP contribution < -0.4 is 5.32 Å². The highest BCUT2D eigenvalue weighted by Crippen LogP contribution is 2.19. The molecule has 1 N–H and O–H groups in total. The van der Waals surface area contributed by atoms with Crippen LogP contribution in [0.1, 0.15) is 5.76 Å². The fourth-order valence-electron chi connectivity index (χ4n) is 2.73. The van der Waals surface area contributed by atoms with E-state index in [-0.39, 0.29) is 24.2 Å². The number of nitrogens with zero attached hydrogens (tertiary/aromatic N) is 3. The summed E-state index contributed by atoms with van der Waals surface area (Å²) >= 11 is 1.39. The second-order valence-corrected chi connectivity index (χ2v) is 7.32. The van der Waals surface area contributed by atoms with Gasteiger partial charge in [0.15, 0.2) is 5.82 Å². The number of amides is 2. The Labute approximate surface area is 160 Å². The van der Waals surface area contributed by atoms with Crippen molar-refractivity contribution >= 4 is 29.4 Å². The molecule has 1 saturated heterocycles. The summed E-state index contributed by atoms with van der Waals surface area (Å²) in [6.07, 6.45) is 0. The highest BCUT2D eigenvalue weighted by Gasteiger charge is 2.22. The number of hydrogen-bond donors (Lipinski definition) is 1. The van der Waals surface area contributed by atoms with Crippen LogP contribution in [0.25, 0.3) is 0 Å². The lowest BCUT2D eigenvalue weighted by atomic mass is 10.3. The Morgan fingerprint density at radius 1 is 1.22 bits per heavy atom. The lowest BCUT2D eigenvalue weighted by molar-refractivity contribution is -0.130. The second kappa shape index (κ2) is 9.01. The van der Waals surface area contributed by atoms with Crippen LogP contribution in [-0.4, -0.2) is 65.2 Å². The standard InChI is InChI=1S/C18H21FN4O3S/c1-13-10-16(21-26-13)20-17(24)11-22-6-8-23(9-7-22)18(25)12-27-15-4-2-14(19)3-5-15/h2-5,10H,6-9,11-12H2,1H3,(H,20,21,24). The number of anilines is 1. The zero-order valence-electron chi connectivity index (χ0n) is 15.0. The van der Waals surface area contributed by atoms with E-state index in [2.05, 4.69) is 10.5 Å². The van der Waals surface area contributed by atoms with Crippen LogP contribution in [0.5, 0.6) is 0 Å². The van der Waals surface area contributed by atoms with Crippen LogP contribution in [0.3, 0.4) is 0 Å². The predicted molar refractivity (Wildman–Crippen MR) is 100 cm³/mol. The molecule has 7 nitrogen and oxygen atoms in total. The maximum Gasteiger partial charge on any atom is 0.239 e. The Morgan fingerprint density at radius 2 is 1.93 bits per heavy atom. The van der Waals surface area contributed by atoms with E-state index >= 15 is 0 Å². The monoisotopic (exact) mass is 392 g/mol. The summed E-state index contributed by atoms with van der Waals surface area (Å²) in [6.45, 7) is 4.44. The third-order valence-corrected chi connectivity index (χ3v) is 5.16. The number of carbonyl (C=O) groups excluding carboxylic acids is 2. The Morgan fingerprint density at radius 3 is 2.56 bits per heavy atom. The van der Waals surface area contributed by atoms with Crippen molar-refractivity contribution in [1.82, 2.24) is 15.0 Å². The molecule has 1 aromatic heterocycles. The molecule has 2 aromatic rings. The van der Waals surface area contributed by atoms with Gasteiger partial charge in [0.05, 0.1) is 12.3 Å². The van der Waals surface area contributed by atoms with Gasteiger partial charge in [0.25, 0.3) is 0 Å². The average molecular weight is 392 g/mol. The SMILES string of the molecule is Cc1cc(NC(=O)CN2CCN(C(=O)CSc3ccc(F)cc3)CC2)no1. The maximum atomic E-state index is 12.9. The fourth-order valence-corrected chi connectivity index (χ4v) is 3.53. The van der Waals surface area contributed by atoms with Crippen molar-refractivity contribution in [2.24, 2.45) is 0 Å². The molecule has 1 aliphatic heterocycles. The highest BCUT2D eigenvalue weighted by molar-refractivity contribution is 8.00. The van der Waals surface area contributed by atoms with Gasteiger partial charge in [-0.05, 0) is 31.2 Å². The molecule has 0 bridgehead atoms. The molecule has 27 heavy (non-hydrogen) atoms. The van der Waals surface area contributed by atoms with Gasteiger partial charge in [-0.1, -0.05) is 5.16 Å². The summed E-state index contributed by atoms with van der Waals surface area (Å²) < 4.78 is 17.8. The minimum atomic E-state index is -0.287. The molecule has 2 heterocycles. The van der Waals surface area contributed by atoms with Crippen LogP contribution in [0.2, 0.25) is 0 Å². The first-order valence-electron chi connectivity index (χ1n) is 8.61. The third-order valence-electron chi connectivity index (χ3n) is 4.16. The van der Waals surface area contributed by atoms with Crippen LogP contribution in [-0.2, 0) is 9.59 Å². The number of piperazine rings is 1. The summed E-state index contributed by atoms with van der Waals surface area (Å²) in [5, 5.41) is 6.42. The first kappa shape index (κ1) is 19.4. The molecule has 1 aliphatic rings. The molecule has 0 spiro atoms. The lowest BCUT2D eigenvalue weighted by Crippen LogP contribution is -2.50. The largest absolute Gasteiger partial charge is 0.360 e. The van der Waals surface area contributed by atoms with E-state index in [1.165, 1.54) is 23.9 Å². The number of aromatic nitrogens is 1. The minimum absolute atomic E-state index is 0.0477. The average Bonchev–Trinajstić information content (AvgIpc) is 3.06. The van der Waals surface area contributed by atoms with Crippen molar-refractivity contribution in [3.05, 3.63) is 41.9 Å². The number of halogens is 1. The highest BCUT2D eigenvalue weighted by atomic mass is 32.2. The van der Waals surface area contributed by atoms with Crippen LogP contribution >= 0.6 is 11.8 Å². The van der Waals surface area contributed by atoms with Gasteiger partial charge < -0.3 is 14.7 Å². The smallest absolute Gasteiger partial charge is 0.239 e. The molecule has 0 atom stereocenters. The number of thioether (sulfide) groups is 1. The molecule has 3 rings (SSSR count). The normalized spacial score (nSPS) is 15.0. The van der Waals surface area contributed by atoms with E-state index < -0.39 is 0 Å².